The number of rotatable bonds is 4. The first kappa shape index (κ1) is 17.8. The van der Waals surface area contributed by atoms with Gasteiger partial charge < -0.3 is 5.32 Å². The van der Waals surface area contributed by atoms with Gasteiger partial charge >= 0.3 is 0 Å². The number of amides is 1. The van der Waals surface area contributed by atoms with Crippen molar-refractivity contribution < 1.29 is 13.2 Å². The van der Waals surface area contributed by atoms with E-state index < -0.39 is 10.0 Å². The highest BCUT2D eigenvalue weighted by Crippen LogP contribution is 2.32. The van der Waals surface area contributed by atoms with Gasteiger partial charge in [0.05, 0.1) is 17.5 Å². The molecule has 1 aliphatic rings. The highest BCUT2D eigenvalue weighted by Gasteiger charge is 2.24. The maximum atomic E-state index is 12.5. The molecule has 0 bridgehead atoms. The SMILES string of the molecule is CSc1ncccc1C(=O)Nc1ccc2c(c1)N(S(C)(=O)=O)CCC2. The predicted molar refractivity (Wildman–Crippen MR) is 101 cm³/mol. The van der Waals surface area contributed by atoms with E-state index in [1.54, 1.807) is 30.5 Å². The van der Waals surface area contributed by atoms with Crippen molar-refractivity contribution in [1.29, 1.82) is 0 Å². The van der Waals surface area contributed by atoms with Crippen LogP contribution in [-0.2, 0) is 16.4 Å². The summed E-state index contributed by atoms with van der Waals surface area (Å²) in [6, 6.07) is 8.84. The Kier molecular flexibility index (Phi) is 5.01. The fourth-order valence-electron chi connectivity index (χ4n) is 2.89. The third-order valence-electron chi connectivity index (χ3n) is 4.03. The van der Waals surface area contributed by atoms with Gasteiger partial charge in [-0.25, -0.2) is 13.4 Å². The fraction of sp³-hybridized carbons (Fsp3) is 0.294. The van der Waals surface area contributed by atoms with E-state index in [1.165, 1.54) is 22.3 Å². The van der Waals surface area contributed by atoms with Crippen LogP contribution in [0.5, 0.6) is 0 Å². The van der Waals surface area contributed by atoms with Crippen molar-refractivity contribution in [3.8, 4) is 0 Å². The highest BCUT2D eigenvalue weighted by molar-refractivity contribution is 7.98. The normalized spacial score (nSPS) is 14.1. The molecule has 0 saturated heterocycles. The Bertz CT molecular complexity index is 913. The second-order valence-corrected chi connectivity index (χ2v) is 8.50. The number of carbonyl (C=O) groups is 1. The molecule has 1 amide bonds. The molecule has 0 spiro atoms. The van der Waals surface area contributed by atoms with Crippen LogP contribution in [0.2, 0.25) is 0 Å². The number of nitrogens with zero attached hydrogens (tertiary/aromatic N) is 2. The molecular formula is C17H19N3O3S2. The molecule has 8 heteroatoms. The third-order valence-corrected chi connectivity index (χ3v) is 5.92. The lowest BCUT2D eigenvalue weighted by molar-refractivity contribution is 0.102. The van der Waals surface area contributed by atoms with E-state index >= 15 is 0 Å². The first-order valence-electron chi connectivity index (χ1n) is 7.81. The first-order valence-corrected chi connectivity index (χ1v) is 10.9. The van der Waals surface area contributed by atoms with Crippen molar-refractivity contribution in [2.24, 2.45) is 0 Å². The number of hydrogen-bond acceptors (Lipinski definition) is 5. The van der Waals surface area contributed by atoms with Crippen molar-refractivity contribution in [2.75, 3.05) is 28.7 Å². The Labute approximate surface area is 151 Å². The van der Waals surface area contributed by atoms with Crippen LogP contribution in [0.1, 0.15) is 22.3 Å². The second-order valence-electron chi connectivity index (χ2n) is 5.80. The predicted octanol–water partition coefficient (Wildman–Crippen LogP) is 2.77. The number of fused-ring (bicyclic) bond motifs is 1. The lowest BCUT2D eigenvalue weighted by Crippen LogP contribution is -2.34. The van der Waals surface area contributed by atoms with Crippen LogP contribution < -0.4 is 9.62 Å². The molecule has 3 rings (SSSR count). The largest absolute Gasteiger partial charge is 0.322 e. The molecule has 1 aromatic heterocycles. The first-order chi connectivity index (χ1) is 11.9. The van der Waals surface area contributed by atoms with Gasteiger partial charge in [0.15, 0.2) is 0 Å². The molecule has 2 heterocycles. The van der Waals surface area contributed by atoms with E-state index in [1.807, 2.05) is 12.3 Å². The average molecular weight is 377 g/mol. The molecule has 0 radical (unpaired) electrons. The molecule has 1 aromatic carbocycles. The summed E-state index contributed by atoms with van der Waals surface area (Å²) in [4.78, 5) is 16.7. The Morgan fingerprint density at radius 3 is 2.84 bits per heavy atom. The molecule has 1 aliphatic heterocycles. The number of nitrogens with one attached hydrogen (secondary N) is 1. The molecule has 0 saturated carbocycles. The van der Waals surface area contributed by atoms with Crippen LogP contribution in [0.4, 0.5) is 11.4 Å². The number of carbonyl (C=O) groups excluding carboxylic acids is 1. The Hall–Kier alpha value is -2.06. The van der Waals surface area contributed by atoms with Crippen LogP contribution in [0.15, 0.2) is 41.6 Å². The lowest BCUT2D eigenvalue weighted by Gasteiger charge is -2.29. The summed E-state index contributed by atoms with van der Waals surface area (Å²) in [6.07, 6.45) is 6.33. The summed E-state index contributed by atoms with van der Waals surface area (Å²) in [5.41, 5.74) is 2.67. The molecule has 0 unspecified atom stereocenters. The summed E-state index contributed by atoms with van der Waals surface area (Å²) in [5, 5.41) is 3.49. The number of benzene rings is 1. The van der Waals surface area contributed by atoms with Crippen LogP contribution in [0, 0.1) is 0 Å². The minimum atomic E-state index is -3.34. The maximum absolute atomic E-state index is 12.5. The standard InChI is InChI=1S/C17H19N3O3S2/c1-24-17-14(6-3-9-18-17)16(21)19-13-8-7-12-5-4-10-20(15(12)11-13)25(2,22)23/h3,6-9,11H,4-5,10H2,1-2H3,(H,19,21). The molecule has 2 aromatic rings. The van der Waals surface area contributed by atoms with Gasteiger partial charge in [-0.15, -0.1) is 11.8 Å². The van der Waals surface area contributed by atoms with E-state index in [4.69, 9.17) is 0 Å². The summed E-state index contributed by atoms with van der Waals surface area (Å²) in [5.74, 6) is -0.265. The fourth-order valence-corrected chi connectivity index (χ4v) is 4.42. The summed E-state index contributed by atoms with van der Waals surface area (Å²) < 4.78 is 25.4. The van der Waals surface area contributed by atoms with Gasteiger partial charge in [-0.3, -0.25) is 9.10 Å². The zero-order valence-corrected chi connectivity index (χ0v) is 15.7. The van der Waals surface area contributed by atoms with E-state index in [-0.39, 0.29) is 5.91 Å². The van der Waals surface area contributed by atoms with E-state index in [2.05, 4.69) is 10.3 Å². The third kappa shape index (κ3) is 3.80. The summed E-state index contributed by atoms with van der Waals surface area (Å²) in [6.45, 7) is 0.461. The van der Waals surface area contributed by atoms with Gasteiger partial charge in [-0.1, -0.05) is 6.07 Å². The number of thioether (sulfide) groups is 1. The van der Waals surface area contributed by atoms with Gasteiger partial charge in [0.1, 0.15) is 5.03 Å². The maximum Gasteiger partial charge on any atom is 0.258 e. The second kappa shape index (κ2) is 7.05. The van der Waals surface area contributed by atoms with Gasteiger partial charge in [-0.05, 0) is 48.9 Å². The quantitative estimate of drug-likeness (QED) is 0.829. The highest BCUT2D eigenvalue weighted by atomic mass is 32.2. The zero-order valence-electron chi connectivity index (χ0n) is 14.0. The average Bonchev–Trinajstić information content (AvgIpc) is 2.60. The molecule has 6 nitrogen and oxygen atoms in total. The number of anilines is 2. The number of hydrogen-bond donors (Lipinski definition) is 1. The van der Waals surface area contributed by atoms with Gasteiger partial charge in [0.25, 0.3) is 5.91 Å². The molecule has 1 N–H and O–H groups in total. The summed E-state index contributed by atoms with van der Waals surface area (Å²) >= 11 is 1.40. The Morgan fingerprint density at radius 2 is 2.12 bits per heavy atom. The van der Waals surface area contributed by atoms with E-state index in [0.29, 0.717) is 28.5 Å². The van der Waals surface area contributed by atoms with Crippen molar-refractivity contribution in [1.82, 2.24) is 4.98 Å². The number of pyridine rings is 1. The Balaban J connectivity index is 1.91. The minimum absolute atomic E-state index is 0.265. The minimum Gasteiger partial charge on any atom is -0.322 e. The van der Waals surface area contributed by atoms with Crippen LogP contribution >= 0.6 is 11.8 Å². The van der Waals surface area contributed by atoms with Crippen LogP contribution in [0.3, 0.4) is 0 Å². The number of aryl methyl sites for hydroxylation is 1. The molecule has 0 aliphatic carbocycles. The van der Waals surface area contributed by atoms with Crippen LogP contribution in [0.25, 0.3) is 0 Å². The molecule has 0 atom stereocenters. The number of aromatic nitrogens is 1. The Morgan fingerprint density at radius 1 is 1.32 bits per heavy atom. The van der Waals surface area contributed by atoms with Crippen molar-refractivity contribution in [2.45, 2.75) is 17.9 Å². The number of sulfonamides is 1. The molecule has 25 heavy (non-hydrogen) atoms. The topological polar surface area (TPSA) is 79.4 Å². The van der Waals surface area contributed by atoms with Gasteiger partial charge in [0.2, 0.25) is 10.0 Å². The van der Waals surface area contributed by atoms with Gasteiger partial charge in [0, 0.05) is 18.4 Å². The van der Waals surface area contributed by atoms with Gasteiger partial charge in [-0.2, -0.15) is 0 Å². The zero-order chi connectivity index (χ0) is 18.0. The van der Waals surface area contributed by atoms with E-state index in [9.17, 15) is 13.2 Å². The monoisotopic (exact) mass is 377 g/mol. The summed E-state index contributed by atoms with van der Waals surface area (Å²) in [7, 11) is -3.34. The molecule has 0 fully saturated rings. The smallest absolute Gasteiger partial charge is 0.258 e. The van der Waals surface area contributed by atoms with Crippen LogP contribution in [-0.4, -0.2) is 38.4 Å². The van der Waals surface area contributed by atoms with Crippen molar-refractivity contribution in [3.05, 3.63) is 47.7 Å². The van der Waals surface area contributed by atoms with Crippen molar-refractivity contribution >= 4 is 39.1 Å². The van der Waals surface area contributed by atoms with Crippen molar-refractivity contribution in [3.63, 3.8) is 0 Å². The molecule has 132 valence electrons. The molecular weight excluding hydrogens is 358 g/mol. The lowest BCUT2D eigenvalue weighted by atomic mass is 10.0. The van der Waals surface area contributed by atoms with E-state index in [0.717, 1.165) is 18.4 Å².